The van der Waals surface area contributed by atoms with E-state index in [0.717, 1.165) is 12.1 Å². The quantitative estimate of drug-likeness (QED) is 0.859. The summed E-state index contributed by atoms with van der Waals surface area (Å²) in [5, 5.41) is 0. The van der Waals surface area contributed by atoms with Gasteiger partial charge in [0.1, 0.15) is 11.6 Å². The number of halogens is 4. The van der Waals surface area contributed by atoms with Crippen molar-refractivity contribution in [1.29, 1.82) is 0 Å². The van der Waals surface area contributed by atoms with E-state index in [1.807, 2.05) is 0 Å². The number of nitrogens with zero attached hydrogens (tertiary/aromatic N) is 1. The predicted octanol–water partition coefficient (Wildman–Crippen LogP) is 3.72. The smallest absolute Gasteiger partial charge is 0.307 e. The lowest BCUT2D eigenvalue weighted by Gasteiger charge is -2.13. The van der Waals surface area contributed by atoms with E-state index in [9.17, 15) is 22.4 Å². The lowest BCUT2D eigenvalue weighted by Crippen LogP contribution is -2.14. The minimum Gasteiger partial charge on any atom is -0.307 e. The minimum atomic E-state index is -4.75. The van der Waals surface area contributed by atoms with Crippen LogP contribution in [-0.2, 0) is 6.18 Å². The summed E-state index contributed by atoms with van der Waals surface area (Å²) in [7, 11) is 0. The molecule has 0 fully saturated rings. The van der Waals surface area contributed by atoms with Gasteiger partial charge in [-0.15, -0.1) is 0 Å². The maximum atomic E-state index is 13.1. The lowest BCUT2D eigenvalue weighted by atomic mass is 10.1. The number of nitrogens with one attached hydrogen (secondary N) is 1. The van der Waals surface area contributed by atoms with E-state index >= 15 is 0 Å². The van der Waals surface area contributed by atoms with Gasteiger partial charge in [-0.25, -0.2) is 9.37 Å². The molecule has 0 aliphatic heterocycles. The third-order valence-electron chi connectivity index (χ3n) is 2.90. The maximum Gasteiger partial charge on any atom is 0.417 e. The van der Waals surface area contributed by atoms with E-state index in [4.69, 9.17) is 0 Å². The fraction of sp³-hybridized carbons (Fsp3) is 0.286. The monoisotopic (exact) mass is 300 g/mol. The fourth-order valence-corrected chi connectivity index (χ4v) is 1.86. The summed E-state index contributed by atoms with van der Waals surface area (Å²) < 4.78 is 52.0. The van der Waals surface area contributed by atoms with Gasteiger partial charge >= 0.3 is 6.18 Å². The topological polar surface area (TPSA) is 45.8 Å². The normalized spacial score (nSPS) is 12.0. The van der Waals surface area contributed by atoms with E-state index in [-0.39, 0.29) is 17.3 Å². The van der Waals surface area contributed by atoms with Crippen LogP contribution in [0.4, 0.5) is 17.6 Å². The first kappa shape index (κ1) is 15.2. The van der Waals surface area contributed by atoms with Crippen molar-refractivity contribution in [2.45, 2.75) is 25.9 Å². The first-order valence-electron chi connectivity index (χ1n) is 6.17. The molecule has 0 bridgehead atoms. The summed E-state index contributed by atoms with van der Waals surface area (Å²) in [6, 6.07) is 3.47. The molecule has 0 aliphatic carbocycles. The number of hydrogen-bond donors (Lipinski definition) is 1. The van der Waals surface area contributed by atoms with Crippen molar-refractivity contribution in [1.82, 2.24) is 9.97 Å². The van der Waals surface area contributed by atoms with Crippen LogP contribution in [0.1, 0.15) is 31.0 Å². The highest BCUT2D eigenvalue weighted by atomic mass is 19.4. The summed E-state index contributed by atoms with van der Waals surface area (Å²) in [4.78, 5) is 17.9. The Kier molecular flexibility index (Phi) is 3.85. The van der Waals surface area contributed by atoms with Gasteiger partial charge in [-0.1, -0.05) is 13.8 Å². The number of aromatic nitrogens is 2. The second kappa shape index (κ2) is 5.31. The molecule has 0 aliphatic rings. The second-order valence-corrected chi connectivity index (χ2v) is 4.86. The zero-order valence-electron chi connectivity index (χ0n) is 11.3. The Labute approximate surface area is 117 Å². The average Bonchev–Trinajstić information content (AvgIpc) is 2.36. The van der Waals surface area contributed by atoms with Crippen LogP contribution >= 0.6 is 0 Å². The van der Waals surface area contributed by atoms with Gasteiger partial charge in [0.05, 0.1) is 11.3 Å². The third-order valence-corrected chi connectivity index (χ3v) is 2.90. The van der Waals surface area contributed by atoms with Crippen LogP contribution in [0.5, 0.6) is 0 Å². The molecule has 0 saturated heterocycles. The Morgan fingerprint density at radius 3 is 2.43 bits per heavy atom. The number of benzene rings is 1. The summed E-state index contributed by atoms with van der Waals surface area (Å²) in [5.41, 5.74) is -1.72. The van der Waals surface area contributed by atoms with Crippen LogP contribution in [0, 0.1) is 5.82 Å². The van der Waals surface area contributed by atoms with E-state index < -0.39 is 23.1 Å². The van der Waals surface area contributed by atoms with Gasteiger partial charge in [0.25, 0.3) is 5.56 Å². The van der Waals surface area contributed by atoms with Crippen LogP contribution < -0.4 is 5.56 Å². The van der Waals surface area contributed by atoms with E-state index in [2.05, 4.69) is 9.97 Å². The molecular formula is C14H12F4N2O. The molecule has 112 valence electrons. The first-order chi connectivity index (χ1) is 9.68. The molecule has 2 aromatic rings. The van der Waals surface area contributed by atoms with Crippen LogP contribution in [0.15, 0.2) is 29.1 Å². The number of rotatable bonds is 2. The predicted molar refractivity (Wildman–Crippen MR) is 69.3 cm³/mol. The number of aromatic amines is 1. The van der Waals surface area contributed by atoms with Crippen molar-refractivity contribution in [3.8, 4) is 11.4 Å². The number of H-pyrrole nitrogens is 1. The average molecular weight is 300 g/mol. The molecule has 21 heavy (non-hydrogen) atoms. The van der Waals surface area contributed by atoms with Gasteiger partial charge in [-0.05, 0) is 24.1 Å². The molecule has 0 radical (unpaired) electrons. The Hall–Kier alpha value is -2.18. The molecular weight excluding hydrogens is 288 g/mol. The zero-order valence-corrected chi connectivity index (χ0v) is 11.3. The van der Waals surface area contributed by atoms with Crippen molar-refractivity contribution < 1.29 is 17.6 Å². The van der Waals surface area contributed by atoms with Gasteiger partial charge in [0.2, 0.25) is 0 Å². The van der Waals surface area contributed by atoms with Gasteiger partial charge in [-0.2, -0.15) is 13.2 Å². The molecule has 0 atom stereocenters. The highest BCUT2D eigenvalue weighted by molar-refractivity contribution is 5.61. The molecule has 1 heterocycles. The van der Waals surface area contributed by atoms with Crippen LogP contribution in [-0.4, -0.2) is 9.97 Å². The molecule has 0 amide bonds. The van der Waals surface area contributed by atoms with Crippen molar-refractivity contribution in [3.63, 3.8) is 0 Å². The molecule has 0 unspecified atom stereocenters. The minimum absolute atomic E-state index is 0.124. The van der Waals surface area contributed by atoms with E-state index in [1.54, 1.807) is 13.8 Å². The number of hydrogen-bond acceptors (Lipinski definition) is 2. The molecule has 1 N–H and O–H groups in total. The Morgan fingerprint density at radius 2 is 1.86 bits per heavy atom. The Morgan fingerprint density at radius 1 is 1.19 bits per heavy atom. The highest BCUT2D eigenvalue weighted by Crippen LogP contribution is 2.36. The maximum absolute atomic E-state index is 13.1. The first-order valence-corrected chi connectivity index (χ1v) is 6.17. The van der Waals surface area contributed by atoms with Crippen molar-refractivity contribution in [2.75, 3.05) is 0 Å². The highest BCUT2D eigenvalue weighted by Gasteiger charge is 2.34. The van der Waals surface area contributed by atoms with E-state index in [1.165, 1.54) is 6.07 Å². The molecule has 3 nitrogen and oxygen atoms in total. The molecule has 0 spiro atoms. The van der Waals surface area contributed by atoms with Gasteiger partial charge in [0.15, 0.2) is 0 Å². The standard InChI is InChI=1S/C14H12F4N2O/c1-7(2)11-6-12(21)20-13(19-11)9-4-3-8(15)5-10(9)14(16,17)18/h3-7H,1-2H3,(H,19,20,21). The van der Waals surface area contributed by atoms with Crippen LogP contribution in [0.3, 0.4) is 0 Å². The third kappa shape index (κ3) is 3.29. The Balaban J connectivity index is 2.70. The molecule has 7 heteroatoms. The molecule has 1 aromatic carbocycles. The van der Waals surface area contributed by atoms with Crippen LogP contribution in [0.25, 0.3) is 11.4 Å². The second-order valence-electron chi connectivity index (χ2n) is 4.86. The van der Waals surface area contributed by atoms with Gasteiger partial charge in [-0.3, -0.25) is 4.79 Å². The SMILES string of the molecule is CC(C)c1cc(=O)[nH]c(-c2ccc(F)cc2C(F)(F)F)n1. The summed E-state index contributed by atoms with van der Waals surface area (Å²) in [5.74, 6) is -1.35. The number of alkyl halides is 3. The van der Waals surface area contributed by atoms with E-state index in [0.29, 0.717) is 11.8 Å². The zero-order chi connectivity index (χ0) is 15.8. The van der Waals surface area contributed by atoms with Crippen molar-refractivity contribution in [3.05, 3.63) is 51.7 Å². The molecule has 1 aromatic heterocycles. The van der Waals surface area contributed by atoms with Crippen molar-refractivity contribution in [2.24, 2.45) is 0 Å². The Bertz CT molecular complexity index is 720. The largest absolute Gasteiger partial charge is 0.417 e. The van der Waals surface area contributed by atoms with Crippen LogP contribution in [0.2, 0.25) is 0 Å². The van der Waals surface area contributed by atoms with Gasteiger partial charge in [0, 0.05) is 11.6 Å². The molecule has 0 saturated carbocycles. The summed E-state index contributed by atoms with van der Waals surface area (Å²) in [6.07, 6.45) is -4.75. The molecule has 2 rings (SSSR count). The fourth-order valence-electron chi connectivity index (χ4n) is 1.86. The summed E-state index contributed by atoms with van der Waals surface area (Å²) in [6.45, 7) is 3.53. The lowest BCUT2D eigenvalue weighted by molar-refractivity contribution is -0.137. The van der Waals surface area contributed by atoms with Crippen molar-refractivity contribution >= 4 is 0 Å². The van der Waals surface area contributed by atoms with Gasteiger partial charge < -0.3 is 4.98 Å². The summed E-state index contributed by atoms with van der Waals surface area (Å²) >= 11 is 0.